The van der Waals surface area contributed by atoms with Gasteiger partial charge in [-0.1, -0.05) is 28.1 Å². The lowest BCUT2D eigenvalue weighted by Crippen LogP contribution is -2.42. The van der Waals surface area contributed by atoms with E-state index in [4.69, 9.17) is 9.47 Å². The summed E-state index contributed by atoms with van der Waals surface area (Å²) in [6.45, 7) is 5.24. The molecule has 1 aliphatic heterocycles. The number of hydrogen-bond donors (Lipinski definition) is 1. The number of nitrogens with one attached hydrogen (secondary N) is 1. The summed E-state index contributed by atoms with van der Waals surface area (Å²) >= 11 is 3.60. The second kappa shape index (κ2) is 6.15. The van der Waals surface area contributed by atoms with Crippen LogP contribution in [0.25, 0.3) is 0 Å². The number of aryl methyl sites for hydroxylation is 1. The van der Waals surface area contributed by atoms with Crippen LogP contribution in [0.3, 0.4) is 0 Å². The summed E-state index contributed by atoms with van der Waals surface area (Å²) in [5.41, 5.74) is 2.39. The third-order valence-corrected chi connectivity index (χ3v) is 4.21. The molecule has 100 valence electrons. The van der Waals surface area contributed by atoms with E-state index in [1.54, 1.807) is 7.11 Å². The maximum atomic E-state index is 5.59. The molecule has 3 nitrogen and oxygen atoms in total. The van der Waals surface area contributed by atoms with Gasteiger partial charge in [0.1, 0.15) is 5.60 Å². The largest absolute Gasteiger partial charge is 0.378 e. The lowest BCUT2D eigenvalue weighted by atomic mass is 10.0. The standard InChI is InChI=1S/C14H20BrNO2/c1-11-3-4-12(13(15)7-11)8-16-9-14(17-2)5-6-18-10-14/h3-4,7,16H,5-6,8-10H2,1-2H3. The van der Waals surface area contributed by atoms with Gasteiger partial charge < -0.3 is 14.8 Å². The predicted molar refractivity (Wildman–Crippen MR) is 75.8 cm³/mol. The van der Waals surface area contributed by atoms with Crippen LogP contribution in [-0.4, -0.2) is 32.5 Å². The minimum Gasteiger partial charge on any atom is -0.378 e. The maximum Gasteiger partial charge on any atom is 0.106 e. The van der Waals surface area contributed by atoms with Gasteiger partial charge in [0, 0.05) is 37.7 Å². The van der Waals surface area contributed by atoms with E-state index in [0.717, 1.165) is 30.6 Å². The fraction of sp³-hybridized carbons (Fsp3) is 0.571. The van der Waals surface area contributed by atoms with Gasteiger partial charge in [-0.25, -0.2) is 0 Å². The Morgan fingerprint density at radius 3 is 2.94 bits per heavy atom. The zero-order valence-corrected chi connectivity index (χ0v) is 12.5. The summed E-state index contributed by atoms with van der Waals surface area (Å²) in [6.07, 6.45) is 0.964. The van der Waals surface area contributed by atoms with Crippen molar-refractivity contribution in [2.75, 3.05) is 26.9 Å². The number of hydrogen-bond acceptors (Lipinski definition) is 3. The molecular weight excluding hydrogens is 294 g/mol. The molecule has 2 rings (SSSR count). The molecule has 1 saturated heterocycles. The van der Waals surface area contributed by atoms with E-state index < -0.39 is 0 Å². The van der Waals surface area contributed by atoms with Gasteiger partial charge in [0.05, 0.1) is 6.61 Å². The van der Waals surface area contributed by atoms with E-state index in [-0.39, 0.29) is 5.60 Å². The van der Waals surface area contributed by atoms with E-state index in [0.29, 0.717) is 6.61 Å². The van der Waals surface area contributed by atoms with Gasteiger partial charge in [0.25, 0.3) is 0 Å². The molecule has 0 amide bonds. The van der Waals surface area contributed by atoms with Crippen LogP contribution in [0, 0.1) is 6.92 Å². The molecule has 1 aliphatic rings. The van der Waals surface area contributed by atoms with Crippen molar-refractivity contribution in [3.63, 3.8) is 0 Å². The smallest absolute Gasteiger partial charge is 0.106 e. The third-order valence-electron chi connectivity index (χ3n) is 3.47. The summed E-state index contributed by atoms with van der Waals surface area (Å²) in [6, 6.07) is 6.42. The van der Waals surface area contributed by atoms with Crippen LogP contribution in [0.5, 0.6) is 0 Å². The Kier molecular flexibility index (Phi) is 4.78. The molecule has 1 N–H and O–H groups in total. The topological polar surface area (TPSA) is 30.5 Å². The quantitative estimate of drug-likeness (QED) is 0.906. The summed E-state index contributed by atoms with van der Waals surface area (Å²) in [7, 11) is 1.76. The molecule has 1 aromatic rings. The van der Waals surface area contributed by atoms with Crippen molar-refractivity contribution >= 4 is 15.9 Å². The Morgan fingerprint density at radius 2 is 2.33 bits per heavy atom. The normalized spacial score (nSPS) is 23.5. The molecule has 0 aromatic heterocycles. The first kappa shape index (κ1) is 14.0. The molecule has 0 aliphatic carbocycles. The fourth-order valence-electron chi connectivity index (χ4n) is 2.18. The van der Waals surface area contributed by atoms with Gasteiger partial charge in [-0.15, -0.1) is 0 Å². The number of methoxy groups -OCH3 is 1. The first-order valence-electron chi connectivity index (χ1n) is 6.24. The van der Waals surface area contributed by atoms with Crippen LogP contribution in [0.4, 0.5) is 0 Å². The summed E-state index contributed by atoms with van der Waals surface area (Å²) in [5.74, 6) is 0. The van der Waals surface area contributed by atoms with Crippen molar-refractivity contribution in [2.45, 2.75) is 25.5 Å². The van der Waals surface area contributed by atoms with E-state index in [9.17, 15) is 0 Å². The molecular formula is C14H20BrNO2. The van der Waals surface area contributed by atoms with E-state index >= 15 is 0 Å². The molecule has 1 unspecified atom stereocenters. The van der Waals surface area contributed by atoms with Crippen LogP contribution < -0.4 is 5.32 Å². The highest BCUT2D eigenvalue weighted by atomic mass is 79.9. The summed E-state index contributed by atoms with van der Waals surface area (Å²) in [5, 5.41) is 3.46. The Morgan fingerprint density at radius 1 is 1.50 bits per heavy atom. The van der Waals surface area contributed by atoms with Crippen molar-refractivity contribution in [2.24, 2.45) is 0 Å². The molecule has 1 aromatic carbocycles. The molecule has 1 atom stereocenters. The molecule has 0 saturated carbocycles. The zero-order valence-electron chi connectivity index (χ0n) is 11.0. The maximum absolute atomic E-state index is 5.59. The van der Waals surface area contributed by atoms with Gasteiger partial charge in [0.15, 0.2) is 0 Å². The van der Waals surface area contributed by atoms with Crippen molar-refractivity contribution in [1.82, 2.24) is 5.32 Å². The van der Waals surface area contributed by atoms with Crippen LogP contribution in [0.15, 0.2) is 22.7 Å². The molecule has 0 spiro atoms. The minimum atomic E-state index is -0.142. The van der Waals surface area contributed by atoms with Gasteiger partial charge in [0.2, 0.25) is 0 Å². The van der Waals surface area contributed by atoms with E-state index in [1.807, 2.05) is 0 Å². The highest BCUT2D eigenvalue weighted by Crippen LogP contribution is 2.22. The second-order valence-corrected chi connectivity index (χ2v) is 5.74. The Hall–Kier alpha value is -0.420. The number of rotatable bonds is 5. The lowest BCUT2D eigenvalue weighted by molar-refractivity contribution is -0.0159. The fourth-order valence-corrected chi connectivity index (χ4v) is 2.82. The first-order chi connectivity index (χ1) is 8.65. The number of benzene rings is 1. The monoisotopic (exact) mass is 313 g/mol. The van der Waals surface area contributed by atoms with E-state index in [1.165, 1.54) is 11.1 Å². The van der Waals surface area contributed by atoms with Gasteiger partial charge in [-0.2, -0.15) is 0 Å². The zero-order chi connectivity index (χ0) is 13.0. The molecule has 4 heteroatoms. The van der Waals surface area contributed by atoms with Crippen LogP contribution in [0.2, 0.25) is 0 Å². The van der Waals surface area contributed by atoms with Crippen molar-refractivity contribution < 1.29 is 9.47 Å². The Labute approximate surface area is 117 Å². The van der Waals surface area contributed by atoms with Gasteiger partial charge >= 0.3 is 0 Å². The first-order valence-corrected chi connectivity index (χ1v) is 7.03. The van der Waals surface area contributed by atoms with Crippen molar-refractivity contribution in [1.29, 1.82) is 0 Å². The lowest BCUT2D eigenvalue weighted by Gasteiger charge is -2.26. The molecule has 1 heterocycles. The molecule has 0 radical (unpaired) electrons. The minimum absolute atomic E-state index is 0.142. The number of halogens is 1. The SMILES string of the molecule is COC1(CNCc2ccc(C)cc2Br)CCOC1. The van der Waals surface area contributed by atoms with Gasteiger partial charge in [-0.3, -0.25) is 0 Å². The Balaban J connectivity index is 1.88. The van der Waals surface area contributed by atoms with Crippen molar-refractivity contribution in [3.8, 4) is 0 Å². The van der Waals surface area contributed by atoms with Crippen LogP contribution in [-0.2, 0) is 16.0 Å². The average molecular weight is 314 g/mol. The second-order valence-electron chi connectivity index (χ2n) is 4.89. The van der Waals surface area contributed by atoms with E-state index in [2.05, 4.69) is 46.4 Å². The highest BCUT2D eigenvalue weighted by molar-refractivity contribution is 9.10. The molecule has 18 heavy (non-hydrogen) atoms. The highest BCUT2D eigenvalue weighted by Gasteiger charge is 2.34. The predicted octanol–water partition coefficient (Wildman–Crippen LogP) is 2.65. The van der Waals surface area contributed by atoms with Crippen LogP contribution >= 0.6 is 15.9 Å². The average Bonchev–Trinajstić information content (AvgIpc) is 2.81. The van der Waals surface area contributed by atoms with Crippen LogP contribution in [0.1, 0.15) is 17.5 Å². The Bertz CT molecular complexity index is 403. The van der Waals surface area contributed by atoms with Crippen molar-refractivity contribution in [3.05, 3.63) is 33.8 Å². The summed E-state index contributed by atoms with van der Waals surface area (Å²) in [4.78, 5) is 0. The van der Waals surface area contributed by atoms with Gasteiger partial charge in [-0.05, 0) is 24.1 Å². The third kappa shape index (κ3) is 3.32. The number of ether oxygens (including phenoxy) is 2. The summed E-state index contributed by atoms with van der Waals surface area (Å²) < 4.78 is 12.2. The molecule has 1 fully saturated rings. The molecule has 0 bridgehead atoms.